The molecule has 3 N–H and O–H groups in total. The Kier molecular flexibility index (Phi) is 8.64. The molecule has 0 heterocycles. The van der Waals surface area contributed by atoms with Gasteiger partial charge in [0.25, 0.3) is 5.91 Å². The lowest BCUT2D eigenvalue weighted by molar-refractivity contribution is -0.139. The van der Waals surface area contributed by atoms with Crippen LogP contribution in [0.4, 0.5) is 5.69 Å². The highest BCUT2D eigenvalue weighted by Gasteiger charge is 2.13. The molecule has 0 spiro atoms. The van der Waals surface area contributed by atoms with Gasteiger partial charge in [-0.05, 0) is 44.2 Å². The topological polar surface area (TPSA) is 109 Å². The van der Waals surface area contributed by atoms with Crippen LogP contribution in [0.1, 0.15) is 19.4 Å². The van der Waals surface area contributed by atoms with Gasteiger partial charge in [0.15, 0.2) is 6.61 Å². The van der Waals surface area contributed by atoms with Crippen LogP contribution in [-0.4, -0.2) is 36.6 Å². The molecule has 2 aromatic carbocycles. The Hall–Kier alpha value is -3.10. The van der Waals surface area contributed by atoms with Crippen molar-refractivity contribution in [1.29, 1.82) is 0 Å². The van der Waals surface area contributed by atoms with Gasteiger partial charge in [-0.15, -0.1) is 0 Å². The summed E-state index contributed by atoms with van der Waals surface area (Å²) in [6.07, 6.45) is 1.31. The summed E-state index contributed by atoms with van der Waals surface area (Å²) in [7, 11) is 0. The molecule has 158 valence electrons. The number of hydrazone groups is 1. The summed E-state index contributed by atoms with van der Waals surface area (Å²) in [5, 5.41) is 9.59. The van der Waals surface area contributed by atoms with E-state index in [1.165, 1.54) is 12.3 Å². The standard InChI is InChI=1S/C20H20Cl2N4O4/c1-12(2)24-19(28)20(29)26-23-10-13-5-3-4-6-17(13)30-11-18(27)25-16-8-7-14(21)9-15(16)22/h3-10,12H,11H2,1-2H3,(H,24,28)(H,25,27)(H,26,29)/b23-10-. The van der Waals surface area contributed by atoms with Crippen LogP contribution in [0.2, 0.25) is 10.0 Å². The molecule has 0 aliphatic rings. The third-order valence-electron chi connectivity index (χ3n) is 3.48. The lowest BCUT2D eigenvalue weighted by Crippen LogP contribution is -2.41. The number of halogens is 2. The van der Waals surface area contributed by atoms with Gasteiger partial charge in [0.1, 0.15) is 5.75 Å². The van der Waals surface area contributed by atoms with E-state index in [4.69, 9.17) is 27.9 Å². The van der Waals surface area contributed by atoms with Gasteiger partial charge in [-0.3, -0.25) is 14.4 Å². The van der Waals surface area contributed by atoms with Crippen molar-refractivity contribution in [3.63, 3.8) is 0 Å². The number of carbonyl (C=O) groups excluding carboxylic acids is 3. The first-order valence-corrected chi connectivity index (χ1v) is 9.62. The minimum atomic E-state index is -0.891. The summed E-state index contributed by atoms with van der Waals surface area (Å²) in [6.45, 7) is 3.19. The molecule has 0 aliphatic heterocycles. The molecule has 10 heteroatoms. The number of amides is 3. The molecule has 30 heavy (non-hydrogen) atoms. The van der Waals surface area contributed by atoms with E-state index in [-0.39, 0.29) is 12.6 Å². The largest absolute Gasteiger partial charge is 0.483 e. The van der Waals surface area contributed by atoms with Crippen LogP contribution in [0.5, 0.6) is 5.75 Å². The zero-order chi connectivity index (χ0) is 22.1. The first-order valence-electron chi connectivity index (χ1n) is 8.87. The third-order valence-corrected chi connectivity index (χ3v) is 4.03. The number of hydrogen-bond donors (Lipinski definition) is 3. The summed E-state index contributed by atoms with van der Waals surface area (Å²) in [4.78, 5) is 35.3. The van der Waals surface area contributed by atoms with E-state index in [2.05, 4.69) is 21.2 Å². The second kappa shape index (κ2) is 11.2. The predicted octanol–water partition coefficient (Wildman–Crippen LogP) is 2.99. The molecule has 0 atom stereocenters. The minimum Gasteiger partial charge on any atom is -0.483 e. The molecular formula is C20H20Cl2N4O4. The van der Waals surface area contributed by atoms with Crippen molar-refractivity contribution >= 4 is 52.8 Å². The first-order chi connectivity index (χ1) is 14.3. The Labute approximate surface area is 183 Å². The average Bonchev–Trinajstić information content (AvgIpc) is 2.68. The number of benzene rings is 2. The molecule has 0 aliphatic carbocycles. The van der Waals surface area contributed by atoms with Crippen LogP contribution in [0.15, 0.2) is 47.6 Å². The smallest absolute Gasteiger partial charge is 0.329 e. The molecule has 2 aromatic rings. The van der Waals surface area contributed by atoms with Gasteiger partial charge < -0.3 is 15.4 Å². The fourth-order valence-electron chi connectivity index (χ4n) is 2.18. The van der Waals surface area contributed by atoms with Crippen LogP contribution in [0, 0.1) is 0 Å². The third kappa shape index (κ3) is 7.38. The Morgan fingerprint density at radius 1 is 1.10 bits per heavy atom. The van der Waals surface area contributed by atoms with E-state index in [0.717, 1.165) is 0 Å². The predicted molar refractivity (Wildman–Crippen MR) is 116 cm³/mol. The van der Waals surface area contributed by atoms with Crippen LogP contribution in [-0.2, 0) is 14.4 Å². The number of carbonyl (C=O) groups is 3. The van der Waals surface area contributed by atoms with Crippen molar-refractivity contribution in [2.24, 2.45) is 5.10 Å². The van der Waals surface area contributed by atoms with Crippen molar-refractivity contribution < 1.29 is 19.1 Å². The SMILES string of the molecule is CC(C)NC(=O)C(=O)N/N=C\c1ccccc1OCC(=O)Nc1ccc(Cl)cc1Cl. The summed E-state index contributed by atoms with van der Waals surface area (Å²) in [5.74, 6) is -1.74. The lowest BCUT2D eigenvalue weighted by Gasteiger charge is -2.10. The summed E-state index contributed by atoms with van der Waals surface area (Å²) < 4.78 is 5.53. The fourth-order valence-corrected chi connectivity index (χ4v) is 2.63. The van der Waals surface area contributed by atoms with Gasteiger partial charge >= 0.3 is 11.8 Å². The number of nitrogens with one attached hydrogen (secondary N) is 3. The van der Waals surface area contributed by atoms with Crippen molar-refractivity contribution in [2.75, 3.05) is 11.9 Å². The molecule has 8 nitrogen and oxygen atoms in total. The van der Waals surface area contributed by atoms with Gasteiger partial charge in [0.2, 0.25) is 0 Å². The fraction of sp³-hybridized carbons (Fsp3) is 0.200. The second-order valence-electron chi connectivity index (χ2n) is 6.33. The van der Waals surface area contributed by atoms with E-state index >= 15 is 0 Å². The maximum atomic E-state index is 12.1. The molecule has 0 radical (unpaired) electrons. The van der Waals surface area contributed by atoms with Crippen LogP contribution in [0.25, 0.3) is 0 Å². The van der Waals surface area contributed by atoms with E-state index in [0.29, 0.717) is 27.0 Å². The van der Waals surface area contributed by atoms with Gasteiger partial charge in [-0.25, -0.2) is 5.43 Å². The zero-order valence-corrected chi connectivity index (χ0v) is 17.8. The van der Waals surface area contributed by atoms with Crippen molar-refractivity contribution in [1.82, 2.24) is 10.7 Å². The molecule has 0 bridgehead atoms. The van der Waals surface area contributed by atoms with E-state index in [1.54, 1.807) is 50.2 Å². The highest BCUT2D eigenvalue weighted by atomic mass is 35.5. The maximum Gasteiger partial charge on any atom is 0.329 e. The molecule has 2 rings (SSSR count). The zero-order valence-electron chi connectivity index (χ0n) is 16.2. The van der Waals surface area contributed by atoms with Crippen LogP contribution in [0.3, 0.4) is 0 Å². The van der Waals surface area contributed by atoms with Crippen molar-refractivity contribution in [3.05, 3.63) is 58.1 Å². The lowest BCUT2D eigenvalue weighted by atomic mass is 10.2. The van der Waals surface area contributed by atoms with Gasteiger partial charge in [0.05, 0.1) is 16.9 Å². The van der Waals surface area contributed by atoms with E-state index < -0.39 is 17.7 Å². The molecular weight excluding hydrogens is 431 g/mol. The van der Waals surface area contributed by atoms with E-state index in [1.807, 2.05) is 0 Å². The number of para-hydroxylation sites is 1. The Morgan fingerprint density at radius 3 is 2.53 bits per heavy atom. The monoisotopic (exact) mass is 450 g/mol. The molecule has 0 saturated carbocycles. The summed E-state index contributed by atoms with van der Waals surface area (Å²) in [5.41, 5.74) is 3.04. The highest BCUT2D eigenvalue weighted by molar-refractivity contribution is 6.36. The van der Waals surface area contributed by atoms with Gasteiger partial charge in [0, 0.05) is 16.6 Å². The first kappa shape index (κ1) is 23.2. The van der Waals surface area contributed by atoms with E-state index in [9.17, 15) is 14.4 Å². The molecule has 0 fully saturated rings. The van der Waals surface area contributed by atoms with Crippen LogP contribution < -0.4 is 20.8 Å². The summed E-state index contributed by atoms with van der Waals surface area (Å²) in [6, 6.07) is 11.3. The molecule has 0 saturated heterocycles. The maximum absolute atomic E-state index is 12.1. The quantitative estimate of drug-likeness (QED) is 0.342. The Bertz CT molecular complexity index is 964. The van der Waals surface area contributed by atoms with Crippen molar-refractivity contribution in [2.45, 2.75) is 19.9 Å². The number of rotatable bonds is 7. The molecule has 0 aromatic heterocycles. The van der Waals surface area contributed by atoms with Gasteiger partial charge in [-0.2, -0.15) is 5.10 Å². The molecule has 3 amide bonds. The second-order valence-corrected chi connectivity index (χ2v) is 7.17. The number of ether oxygens (including phenoxy) is 1. The Balaban J connectivity index is 1.94. The van der Waals surface area contributed by atoms with Gasteiger partial charge in [-0.1, -0.05) is 35.3 Å². The normalized spacial score (nSPS) is 10.7. The van der Waals surface area contributed by atoms with Crippen LogP contribution >= 0.6 is 23.2 Å². The average molecular weight is 451 g/mol. The number of hydrogen-bond acceptors (Lipinski definition) is 5. The highest BCUT2D eigenvalue weighted by Crippen LogP contribution is 2.25. The minimum absolute atomic E-state index is 0.171. The number of anilines is 1. The molecule has 0 unspecified atom stereocenters. The van der Waals surface area contributed by atoms with Crippen molar-refractivity contribution in [3.8, 4) is 5.75 Å². The Morgan fingerprint density at radius 2 is 1.83 bits per heavy atom. The number of nitrogens with zero attached hydrogens (tertiary/aromatic N) is 1. The summed E-state index contributed by atoms with van der Waals surface area (Å²) >= 11 is 11.9.